The molecule has 1 aliphatic rings. The molecule has 2 aromatic rings. The van der Waals surface area contributed by atoms with Crippen molar-refractivity contribution < 1.29 is 14.5 Å². The molecule has 1 atom stereocenters. The van der Waals surface area contributed by atoms with Crippen LogP contribution in [0.15, 0.2) is 59.8 Å². The molecular weight excluding hydrogens is 348 g/mol. The summed E-state index contributed by atoms with van der Waals surface area (Å²) in [6.45, 7) is 3.57. The van der Waals surface area contributed by atoms with E-state index in [4.69, 9.17) is 0 Å². The Kier molecular flexibility index (Phi) is 4.89. The lowest BCUT2D eigenvalue weighted by molar-refractivity contribution is -0.384. The Balaban J connectivity index is 1.94. The highest BCUT2D eigenvalue weighted by atomic mass is 16.6. The molecule has 2 aromatic carbocycles. The molecule has 0 spiro atoms. The quantitative estimate of drug-likeness (QED) is 0.570. The van der Waals surface area contributed by atoms with E-state index >= 15 is 0 Å². The van der Waals surface area contributed by atoms with Crippen LogP contribution in [0.2, 0.25) is 0 Å². The van der Waals surface area contributed by atoms with Crippen molar-refractivity contribution in [1.82, 2.24) is 10.6 Å². The molecule has 3 rings (SSSR count). The summed E-state index contributed by atoms with van der Waals surface area (Å²) >= 11 is 0. The highest BCUT2D eigenvalue weighted by Crippen LogP contribution is 2.28. The Morgan fingerprint density at radius 3 is 2.59 bits per heavy atom. The van der Waals surface area contributed by atoms with E-state index in [2.05, 4.69) is 16.0 Å². The van der Waals surface area contributed by atoms with Crippen molar-refractivity contribution >= 4 is 23.3 Å². The molecule has 0 saturated heterocycles. The van der Waals surface area contributed by atoms with Crippen LogP contribution in [-0.4, -0.2) is 16.9 Å². The largest absolute Gasteiger partial charge is 0.327 e. The van der Waals surface area contributed by atoms with Gasteiger partial charge in [0, 0.05) is 23.5 Å². The van der Waals surface area contributed by atoms with Gasteiger partial charge < -0.3 is 16.0 Å². The molecule has 3 amide bonds. The third-order valence-corrected chi connectivity index (χ3v) is 4.20. The number of urea groups is 1. The van der Waals surface area contributed by atoms with Crippen LogP contribution < -0.4 is 16.0 Å². The summed E-state index contributed by atoms with van der Waals surface area (Å²) in [4.78, 5) is 35.2. The van der Waals surface area contributed by atoms with Crippen LogP contribution in [0.25, 0.3) is 0 Å². The molecule has 0 aromatic heterocycles. The predicted molar refractivity (Wildman–Crippen MR) is 100 cm³/mol. The summed E-state index contributed by atoms with van der Waals surface area (Å²) in [6.07, 6.45) is 0. The molecule has 0 aliphatic carbocycles. The van der Waals surface area contributed by atoms with E-state index in [1.165, 1.54) is 18.2 Å². The van der Waals surface area contributed by atoms with Gasteiger partial charge in [-0.05, 0) is 25.5 Å². The van der Waals surface area contributed by atoms with Gasteiger partial charge in [0.25, 0.3) is 11.6 Å². The molecule has 8 heteroatoms. The lowest BCUT2D eigenvalue weighted by Crippen LogP contribution is -2.46. The molecule has 27 heavy (non-hydrogen) atoms. The second kappa shape index (κ2) is 7.28. The molecule has 0 bridgehead atoms. The van der Waals surface area contributed by atoms with E-state index in [-0.39, 0.29) is 5.69 Å². The zero-order valence-corrected chi connectivity index (χ0v) is 14.8. The predicted octanol–water partition coefficient (Wildman–Crippen LogP) is 3.17. The number of allylic oxidation sites excluding steroid dienone is 1. The minimum Gasteiger partial charge on any atom is -0.327 e. The maximum Gasteiger partial charge on any atom is 0.319 e. The molecule has 0 radical (unpaired) electrons. The number of hydrogen-bond acceptors (Lipinski definition) is 4. The molecule has 0 fully saturated rings. The van der Waals surface area contributed by atoms with Gasteiger partial charge in [-0.2, -0.15) is 0 Å². The van der Waals surface area contributed by atoms with Crippen molar-refractivity contribution in [2.75, 3.05) is 5.32 Å². The van der Waals surface area contributed by atoms with E-state index in [1.807, 2.05) is 31.2 Å². The molecule has 3 N–H and O–H groups in total. The van der Waals surface area contributed by atoms with Gasteiger partial charge >= 0.3 is 6.03 Å². The third-order valence-electron chi connectivity index (χ3n) is 4.20. The van der Waals surface area contributed by atoms with E-state index in [0.29, 0.717) is 17.0 Å². The Labute approximate surface area is 155 Å². The molecule has 8 nitrogen and oxygen atoms in total. The number of rotatable bonds is 4. The Bertz CT molecular complexity index is 968. The minimum atomic E-state index is -0.627. The van der Waals surface area contributed by atoms with Gasteiger partial charge in [-0.15, -0.1) is 0 Å². The number of non-ortho nitro benzene ring substituents is 1. The summed E-state index contributed by atoms with van der Waals surface area (Å²) in [7, 11) is 0. The van der Waals surface area contributed by atoms with Crippen LogP contribution in [0.5, 0.6) is 0 Å². The van der Waals surface area contributed by atoms with Gasteiger partial charge in [0.05, 0.1) is 16.5 Å². The zero-order chi connectivity index (χ0) is 19.6. The molecule has 0 saturated carbocycles. The monoisotopic (exact) mass is 366 g/mol. The number of anilines is 1. The molecule has 138 valence electrons. The fraction of sp³-hybridized carbons (Fsp3) is 0.158. The minimum absolute atomic E-state index is 0.121. The Morgan fingerprint density at radius 2 is 1.89 bits per heavy atom. The smallest absolute Gasteiger partial charge is 0.319 e. The number of nitro benzene ring substituents is 1. The molecular formula is C19H18N4O4. The highest BCUT2D eigenvalue weighted by molar-refractivity contribution is 6.06. The number of nitrogens with one attached hydrogen (secondary N) is 3. The van der Waals surface area contributed by atoms with Gasteiger partial charge in [0.1, 0.15) is 0 Å². The van der Waals surface area contributed by atoms with Crippen molar-refractivity contribution in [2.24, 2.45) is 0 Å². The van der Waals surface area contributed by atoms with Crippen molar-refractivity contribution in [3.63, 3.8) is 0 Å². The third kappa shape index (κ3) is 3.95. The van der Waals surface area contributed by atoms with E-state index in [9.17, 15) is 19.7 Å². The Hall–Kier alpha value is -3.68. The highest BCUT2D eigenvalue weighted by Gasteiger charge is 2.31. The second-order valence-electron chi connectivity index (χ2n) is 6.25. The summed E-state index contributed by atoms with van der Waals surface area (Å²) in [5.74, 6) is -0.452. The normalized spacial score (nSPS) is 16.4. The molecule has 1 aliphatic heterocycles. The SMILES string of the molecule is CC1=C(C(=O)Nc2cccc([N+](=O)[O-])c2)[C@@H](c2cccc(C)c2)NC(=O)N1. The maximum absolute atomic E-state index is 12.9. The van der Waals surface area contributed by atoms with Gasteiger partial charge in [0.2, 0.25) is 0 Å². The van der Waals surface area contributed by atoms with Crippen molar-refractivity contribution in [3.05, 3.63) is 81.0 Å². The van der Waals surface area contributed by atoms with Crippen LogP contribution in [0.3, 0.4) is 0 Å². The van der Waals surface area contributed by atoms with E-state index in [0.717, 1.165) is 11.1 Å². The standard InChI is InChI=1S/C19H18N4O4/c1-11-5-3-6-13(9-11)17-16(12(2)20-19(25)22-17)18(24)21-14-7-4-8-15(10-14)23(26)27/h3-10,17H,1-2H3,(H,21,24)(H2,20,22,25)/t17-/m1/s1. The van der Waals surface area contributed by atoms with Crippen LogP contribution in [-0.2, 0) is 4.79 Å². The van der Waals surface area contributed by atoms with Gasteiger partial charge in [-0.1, -0.05) is 35.9 Å². The fourth-order valence-corrected chi connectivity index (χ4v) is 2.99. The number of carbonyl (C=O) groups is 2. The van der Waals surface area contributed by atoms with Crippen molar-refractivity contribution in [2.45, 2.75) is 19.9 Å². The maximum atomic E-state index is 12.9. The topological polar surface area (TPSA) is 113 Å². The van der Waals surface area contributed by atoms with E-state index < -0.39 is 22.9 Å². The summed E-state index contributed by atoms with van der Waals surface area (Å²) in [5.41, 5.74) is 2.71. The number of carbonyl (C=O) groups excluding carboxylic acids is 2. The number of amides is 3. The summed E-state index contributed by atoms with van der Waals surface area (Å²) < 4.78 is 0. The number of aryl methyl sites for hydroxylation is 1. The number of nitrogens with zero attached hydrogens (tertiary/aromatic N) is 1. The first-order chi connectivity index (χ1) is 12.8. The lowest BCUT2D eigenvalue weighted by atomic mass is 9.94. The Morgan fingerprint density at radius 1 is 1.15 bits per heavy atom. The van der Waals surface area contributed by atoms with Gasteiger partial charge in [0.15, 0.2) is 0 Å². The van der Waals surface area contributed by atoms with Crippen molar-refractivity contribution in [3.8, 4) is 0 Å². The summed E-state index contributed by atoms with van der Waals surface area (Å²) in [6, 6.07) is 12.2. The van der Waals surface area contributed by atoms with Crippen LogP contribution in [0.4, 0.5) is 16.2 Å². The van der Waals surface area contributed by atoms with Crippen LogP contribution in [0.1, 0.15) is 24.1 Å². The number of hydrogen-bond donors (Lipinski definition) is 3. The van der Waals surface area contributed by atoms with Crippen LogP contribution in [0, 0.1) is 17.0 Å². The summed E-state index contributed by atoms with van der Waals surface area (Å²) in [5, 5.41) is 19.0. The molecule has 1 heterocycles. The first-order valence-electron chi connectivity index (χ1n) is 8.26. The van der Waals surface area contributed by atoms with E-state index in [1.54, 1.807) is 13.0 Å². The average Bonchev–Trinajstić information content (AvgIpc) is 2.61. The first kappa shape index (κ1) is 18.1. The van der Waals surface area contributed by atoms with Crippen molar-refractivity contribution in [1.29, 1.82) is 0 Å². The zero-order valence-electron chi connectivity index (χ0n) is 14.8. The van der Waals surface area contributed by atoms with Crippen LogP contribution >= 0.6 is 0 Å². The second-order valence-corrected chi connectivity index (χ2v) is 6.25. The number of benzene rings is 2. The van der Waals surface area contributed by atoms with Gasteiger partial charge in [-0.25, -0.2) is 4.79 Å². The average molecular weight is 366 g/mol. The fourth-order valence-electron chi connectivity index (χ4n) is 2.99. The lowest BCUT2D eigenvalue weighted by Gasteiger charge is -2.28. The number of nitro groups is 1. The first-order valence-corrected chi connectivity index (χ1v) is 8.26. The molecule has 0 unspecified atom stereocenters. The van der Waals surface area contributed by atoms with Gasteiger partial charge in [-0.3, -0.25) is 14.9 Å².